The third-order valence-corrected chi connectivity index (χ3v) is 2.33. The average Bonchev–Trinajstić information content (AvgIpc) is 2.38. The van der Waals surface area contributed by atoms with E-state index in [0.29, 0.717) is 5.69 Å². The summed E-state index contributed by atoms with van der Waals surface area (Å²) >= 11 is 0. The van der Waals surface area contributed by atoms with E-state index in [1.165, 1.54) is 18.2 Å². The van der Waals surface area contributed by atoms with Gasteiger partial charge in [-0.1, -0.05) is 24.3 Å². The van der Waals surface area contributed by atoms with Crippen LogP contribution in [0.4, 0.5) is 11.4 Å². The molecule has 3 N–H and O–H groups in total. The van der Waals surface area contributed by atoms with Gasteiger partial charge in [0.15, 0.2) is 0 Å². The van der Waals surface area contributed by atoms with Gasteiger partial charge in [-0.15, -0.1) is 5.11 Å². The van der Waals surface area contributed by atoms with Gasteiger partial charge in [0.2, 0.25) is 0 Å². The Kier molecular flexibility index (Phi) is 3.71. The fourth-order valence-corrected chi connectivity index (χ4v) is 1.39. The van der Waals surface area contributed by atoms with E-state index in [-0.39, 0.29) is 16.9 Å². The summed E-state index contributed by atoms with van der Waals surface area (Å²) in [5, 5.41) is 35.4. The maximum atomic E-state index is 9.64. The molecule has 0 aromatic heterocycles. The molecule has 18 heavy (non-hydrogen) atoms. The number of hydrogen-bond acceptors (Lipinski definition) is 5. The molecule has 0 spiro atoms. The first-order valence-electron chi connectivity index (χ1n) is 5.32. The van der Waals surface area contributed by atoms with E-state index in [2.05, 4.69) is 10.2 Å². The number of azo groups is 1. The van der Waals surface area contributed by atoms with Crippen LogP contribution in [0.3, 0.4) is 0 Å². The molecule has 6 heteroatoms. The lowest BCUT2D eigenvalue weighted by atomic mass is 9.80. The van der Waals surface area contributed by atoms with Crippen molar-refractivity contribution in [2.75, 3.05) is 0 Å². The van der Waals surface area contributed by atoms with Gasteiger partial charge in [-0.3, -0.25) is 0 Å². The van der Waals surface area contributed by atoms with Gasteiger partial charge in [0.05, 0.1) is 5.69 Å². The summed E-state index contributed by atoms with van der Waals surface area (Å²) in [6.45, 7) is 0. The Morgan fingerprint density at radius 2 is 1.61 bits per heavy atom. The highest BCUT2D eigenvalue weighted by atomic mass is 16.4. The van der Waals surface area contributed by atoms with Crippen LogP contribution in [0, 0.1) is 0 Å². The van der Waals surface area contributed by atoms with Crippen LogP contribution in [0.1, 0.15) is 0 Å². The number of aromatic hydroxyl groups is 1. The summed E-state index contributed by atoms with van der Waals surface area (Å²) < 4.78 is 0. The molecule has 5 nitrogen and oxygen atoms in total. The average molecular weight is 242 g/mol. The number of nitrogens with zero attached hydrogens (tertiary/aromatic N) is 2. The molecule has 0 radical (unpaired) electrons. The van der Waals surface area contributed by atoms with Crippen molar-refractivity contribution in [3.8, 4) is 5.75 Å². The van der Waals surface area contributed by atoms with Crippen LogP contribution in [-0.4, -0.2) is 22.3 Å². The van der Waals surface area contributed by atoms with Gasteiger partial charge in [0.1, 0.15) is 11.4 Å². The Labute approximate surface area is 104 Å². The highest BCUT2D eigenvalue weighted by Crippen LogP contribution is 2.26. The molecule has 0 saturated heterocycles. The molecule has 0 saturated carbocycles. The second-order valence-corrected chi connectivity index (χ2v) is 3.66. The Balaban J connectivity index is 2.22. The van der Waals surface area contributed by atoms with Gasteiger partial charge in [0, 0.05) is 0 Å². The Bertz CT molecular complexity index is 559. The minimum atomic E-state index is -1.61. The number of phenols is 1. The first-order valence-corrected chi connectivity index (χ1v) is 5.32. The van der Waals surface area contributed by atoms with Crippen molar-refractivity contribution < 1.29 is 15.2 Å². The SMILES string of the molecule is OB(O)c1ccc(N=Nc2ccccc2)c(O)c1. The van der Waals surface area contributed by atoms with E-state index in [1.54, 1.807) is 12.1 Å². The van der Waals surface area contributed by atoms with E-state index in [9.17, 15) is 5.11 Å². The summed E-state index contributed by atoms with van der Waals surface area (Å²) in [5.41, 5.74) is 1.14. The van der Waals surface area contributed by atoms with Crippen molar-refractivity contribution in [1.82, 2.24) is 0 Å². The Morgan fingerprint density at radius 3 is 2.22 bits per heavy atom. The second kappa shape index (κ2) is 5.44. The van der Waals surface area contributed by atoms with Crippen molar-refractivity contribution in [2.45, 2.75) is 0 Å². The van der Waals surface area contributed by atoms with Gasteiger partial charge < -0.3 is 15.2 Å². The van der Waals surface area contributed by atoms with E-state index in [1.807, 2.05) is 18.2 Å². The van der Waals surface area contributed by atoms with Crippen LogP contribution in [0.2, 0.25) is 0 Å². The minimum Gasteiger partial charge on any atom is -0.506 e. The number of phenolic OH excluding ortho intramolecular Hbond substituents is 1. The predicted octanol–water partition coefficient (Wildman–Crippen LogP) is 1.49. The van der Waals surface area contributed by atoms with Crippen molar-refractivity contribution >= 4 is 24.0 Å². The Morgan fingerprint density at radius 1 is 0.889 bits per heavy atom. The summed E-state index contributed by atoms with van der Waals surface area (Å²) in [6.07, 6.45) is 0. The number of benzene rings is 2. The topological polar surface area (TPSA) is 85.4 Å². The van der Waals surface area contributed by atoms with E-state index in [0.717, 1.165) is 0 Å². The van der Waals surface area contributed by atoms with Gasteiger partial charge >= 0.3 is 7.12 Å². The van der Waals surface area contributed by atoms with Crippen LogP contribution in [0.5, 0.6) is 5.75 Å². The summed E-state index contributed by atoms with van der Waals surface area (Å²) in [7, 11) is -1.61. The standard InChI is InChI=1S/C12H11BN2O3/c16-12-8-9(13(17)18)6-7-11(12)15-14-10-4-2-1-3-5-10/h1-8,16-18H. The molecular formula is C12H11BN2O3. The van der Waals surface area contributed by atoms with Crippen LogP contribution < -0.4 is 5.46 Å². The lowest BCUT2D eigenvalue weighted by Gasteiger charge is -2.02. The van der Waals surface area contributed by atoms with E-state index in [4.69, 9.17) is 10.0 Å². The largest absolute Gasteiger partial charge is 0.506 e. The zero-order valence-corrected chi connectivity index (χ0v) is 9.43. The molecule has 0 aliphatic heterocycles. The molecule has 0 amide bonds. The third-order valence-electron chi connectivity index (χ3n) is 2.33. The van der Waals surface area contributed by atoms with Crippen LogP contribution in [0.25, 0.3) is 0 Å². The molecular weight excluding hydrogens is 231 g/mol. The summed E-state index contributed by atoms with van der Waals surface area (Å²) in [5.74, 6) is -0.153. The maximum Gasteiger partial charge on any atom is 0.488 e. The molecule has 0 unspecified atom stereocenters. The van der Waals surface area contributed by atoms with Gasteiger partial charge in [0.25, 0.3) is 0 Å². The van der Waals surface area contributed by atoms with E-state index < -0.39 is 7.12 Å². The molecule has 90 valence electrons. The smallest absolute Gasteiger partial charge is 0.488 e. The number of rotatable bonds is 3. The number of hydrogen-bond donors (Lipinski definition) is 3. The highest BCUT2D eigenvalue weighted by Gasteiger charge is 2.12. The lowest BCUT2D eigenvalue weighted by Crippen LogP contribution is -2.29. The van der Waals surface area contributed by atoms with Crippen LogP contribution in [-0.2, 0) is 0 Å². The van der Waals surface area contributed by atoms with Crippen LogP contribution in [0.15, 0.2) is 58.8 Å². The van der Waals surface area contributed by atoms with Crippen molar-refractivity contribution in [2.24, 2.45) is 10.2 Å². The molecule has 0 aliphatic rings. The lowest BCUT2D eigenvalue weighted by molar-refractivity contribution is 0.424. The third kappa shape index (κ3) is 2.94. The molecule has 2 aromatic carbocycles. The first kappa shape index (κ1) is 12.3. The fraction of sp³-hybridized carbons (Fsp3) is 0. The quantitative estimate of drug-likeness (QED) is 0.562. The van der Waals surface area contributed by atoms with Gasteiger partial charge in [-0.05, 0) is 29.7 Å². The van der Waals surface area contributed by atoms with Crippen molar-refractivity contribution in [1.29, 1.82) is 0 Å². The van der Waals surface area contributed by atoms with Crippen molar-refractivity contribution in [3.63, 3.8) is 0 Å². The van der Waals surface area contributed by atoms with E-state index >= 15 is 0 Å². The second-order valence-electron chi connectivity index (χ2n) is 3.66. The molecule has 0 bridgehead atoms. The Hall–Kier alpha value is -2.18. The maximum absolute atomic E-state index is 9.64. The molecule has 0 atom stereocenters. The normalized spacial score (nSPS) is 10.8. The molecule has 2 rings (SSSR count). The minimum absolute atomic E-state index is 0.153. The van der Waals surface area contributed by atoms with Crippen LogP contribution >= 0.6 is 0 Å². The van der Waals surface area contributed by atoms with Crippen molar-refractivity contribution in [3.05, 3.63) is 48.5 Å². The monoisotopic (exact) mass is 242 g/mol. The summed E-state index contributed by atoms with van der Waals surface area (Å²) in [6, 6.07) is 13.3. The summed E-state index contributed by atoms with van der Waals surface area (Å²) in [4.78, 5) is 0. The molecule has 0 heterocycles. The zero-order valence-electron chi connectivity index (χ0n) is 9.43. The molecule has 0 aliphatic carbocycles. The molecule has 0 fully saturated rings. The molecule has 2 aromatic rings. The van der Waals surface area contributed by atoms with Gasteiger partial charge in [-0.25, -0.2) is 0 Å². The predicted molar refractivity (Wildman–Crippen MR) is 68.6 cm³/mol. The van der Waals surface area contributed by atoms with Gasteiger partial charge in [-0.2, -0.15) is 5.11 Å². The first-order chi connectivity index (χ1) is 8.66. The zero-order chi connectivity index (χ0) is 13.0. The highest BCUT2D eigenvalue weighted by molar-refractivity contribution is 6.58. The fourth-order valence-electron chi connectivity index (χ4n) is 1.39.